The Morgan fingerprint density at radius 1 is 1.41 bits per heavy atom. The maximum Gasteiger partial charge on any atom is 0.324 e. The number of nitrogens with zero attached hydrogens (tertiary/aromatic N) is 2. The van der Waals surface area contributed by atoms with Crippen LogP contribution in [0.3, 0.4) is 0 Å². The second kappa shape index (κ2) is 5.14. The molecule has 0 aliphatic carbocycles. The monoisotopic (exact) mass is 237 g/mol. The van der Waals surface area contributed by atoms with E-state index in [9.17, 15) is 9.18 Å². The standard InChI is InChI=1S/C12H16FN3O/c1-14-5-6-15-7-8-16(12(15)17)11-4-2-3-10(13)9-11/h2-4,9,14H,5-8H2,1H3. The van der Waals surface area contributed by atoms with Crippen LogP contribution in [-0.4, -0.2) is 44.2 Å². The largest absolute Gasteiger partial charge is 0.324 e. The van der Waals surface area contributed by atoms with Crippen LogP contribution >= 0.6 is 0 Å². The fraction of sp³-hybridized carbons (Fsp3) is 0.417. The van der Waals surface area contributed by atoms with Crippen molar-refractivity contribution in [3.63, 3.8) is 0 Å². The van der Waals surface area contributed by atoms with E-state index in [1.165, 1.54) is 12.1 Å². The first kappa shape index (κ1) is 11.9. The molecule has 1 fully saturated rings. The van der Waals surface area contributed by atoms with Crippen LogP contribution < -0.4 is 10.2 Å². The van der Waals surface area contributed by atoms with E-state index < -0.39 is 0 Å². The molecule has 92 valence electrons. The molecule has 0 atom stereocenters. The molecule has 5 heteroatoms. The van der Waals surface area contributed by atoms with E-state index in [0.29, 0.717) is 25.3 Å². The van der Waals surface area contributed by atoms with E-state index in [4.69, 9.17) is 0 Å². The van der Waals surface area contributed by atoms with Gasteiger partial charge >= 0.3 is 6.03 Å². The zero-order valence-corrected chi connectivity index (χ0v) is 9.82. The highest BCUT2D eigenvalue weighted by Gasteiger charge is 2.28. The Bertz CT molecular complexity index is 410. The molecule has 17 heavy (non-hydrogen) atoms. The van der Waals surface area contributed by atoms with Crippen LogP contribution in [0.1, 0.15) is 0 Å². The molecule has 1 aromatic carbocycles. The van der Waals surface area contributed by atoms with Crippen LogP contribution in [0.2, 0.25) is 0 Å². The fourth-order valence-corrected chi connectivity index (χ4v) is 1.92. The second-order valence-corrected chi connectivity index (χ2v) is 4.00. The number of amides is 2. The molecular formula is C12H16FN3O. The van der Waals surface area contributed by atoms with Gasteiger partial charge in [-0.05, 0) is 25.2 Å². The van der Waals surface area contributed by atoms with Gasteiger partial charge in [-0.1, -0.05) is 6.07 Å². The fourth-order valence-electron chi connectivity index (χ4n) is 1.92. The number of benzene rings is 1. The highest BCUT2D eigenvalue weighted by Crippen LogP contribution is 2.20. The van der Waals surface area contributed by atoms with Crippen LogP contribution in [-0.2, 0) is 0 Å². The normalized spacial score (nSPS) is 15.8. The van der Waals surface area contributed by atoms with Crippen LogP contribution in [0.5, 0.6) is 0 Å². The molecule has 4 nitrogen and oxygen atoms in total. The van der Waals surface area contributed by atoms with Gasteiger partial charge in [0.15, 0.2) is 0 Å². The van der Waals surface area contributed by atoms with Gasteiger partial charge in [-0.3, -0.25) is 4.90 Å². The number of rotatable bonds is 4. The maximum atomic E-state index is 13.1. The van der Waals surface area contributed by atoms with E-state index in [-0.39, 0.29) is 11.8 Å². The third-order valence-corrected chi connectivity index (χ3v) is 2.85. The molecule has 0 spiro atoms. The lowest BCUT2D eigenvalue weighted by atomic mass is 10.3. The van der Waals surface area contributed by atoms with Crippen molar-refractivity contribution in [1.82, 2.24) is 10.2 Å². The summed E-state index contributed by atoms with van der Waals surface area (Å²) in [5, 5.41) is 3.01. The van der Waals surface area contributed by atoms with Crippen molar-refractivity contribution in [2.24, 2.45) is 0 Å². The van der Waals surface area contributed by atoms with Crippen molar-refractivity contribution in [3.05, 3.63) is 30.1 Å². The van der Waals surface area contributed by atoms with Gasteiger partial charge in [0.1, 0.15) is 5.82 Å². The molecule has 0 radical (unpaired) electrons. The summed E-state index contributed by atoms with van der Waals surface area (Å²) < 4.78 is 13.1. The number of urea groups is 1. The molecule has 1 aliphatic heterocycles. The van der Waals surface area contributed by atoms with Crippen molar-refractivity contribution >= 4 is 11.7 Å². The predicted molar refractivity (Wildman–Crippen MR) is 64.6 cm³/mol. The zero-order valence-electron chi connectivity index (χ0n) is 9.82. The Kier molecular flexibility index (Phi) is 3.58. The number of nitrogens with one attached hydrogen (secondary N) is 1. The third-order valence-electron chi connectivity index (χ3n) is 2.85. The second-order valence-electron chi connectivity index (χ2n) is 4.00. The molecule has 0 saturated carbocycles. The summed E-state index contributed by atoms with van der Waals surface area (Å²) in [5.41, 5.74) is 0.627. The Labute approximate surface area is 100 Å². The Hall–Kier alpha value is -1.62. The van der Waals surface area contributed by atoms with Gasteiger partial charge in [-0.15, -0.1) is 0 Å². The smallest absolute Gasteiger partial charge is 0.321 e. The van der Waals surface area contributed by atoms with Crippen LogP contribution in [0, 0.1) is 5.82 Å². The first-order chi connectivity index (χ1) is 8.22. The minimum atomic E-state index is -0.316. The summed E-state index contributed by atoms with van der Waals surface area (Å²) in [4.78, 5) is 15.4. The predicted octanol–water partition coefficient (Wildman–Crippen LogP) is 1.29. The minimum Gasteiger partial charge on any atom is -0.321 e. The number of likely N-dealkylation sites (N-methyl/N-ethyl adjacent to an activating group) is 1. The molecule has 0 bridgehead atoms. The molecule has 0 unspecified atom stereocenters. The lowest BCUT2D eigenvalue weighted by Crippen LogP contribution is -2.35. The van der Waals surface area contributed by atoms with Gasteiger partial charge in [0.25, 0.3) is 0 Å². The molecule has 1 aliphatic rings. The summed E-state index contributed by atoms with van der Waals surface area (Å²) in [7, 11) is 1.85. The van der Waals surface area contributed by atoms with Gasteiger partial charge in [0.05, 0.1) is 0 Å². The number of hydrogen-bond donors (Lipinski definition) is 1. The SMILES string of the molecule is CNCCN1CCN(c2cccc(F)c2)C1=O. The van der Waals surface area contributed by atoms with Gasteiger partial charge in [-0.25, -0.2) is 9.18 Å². The van der Waals surface area contributed by atoms with Crippen LogP contribution in [0.25, 0.3) is 0 Å². The first-order valence-electron chi connectivity index (χ1n) is 5.69. The molecule has 1 aromatic rings. The maximum absolute atomic E-state index is 13.1. The topological polar surface area (TPSA) is 35.6 Å². The number of carbonyl (C=O) groups excluding carboxylic acids is 1. The minimum absolute atomic E-state index is 0.0501. The van der Waals surface area contributed by atoms with E-state index in [1.807, 2.05) is 7.05 Å². The molecule has 2 rings (SSSR count). The Balaban J connectivity index is 2.07. The number of halogens is 1. The van der Waals surface area contributed by atoms with E-state index in [2.05, 4.69) is 5.32 Å². The Morgan fingerprint density at radius 2 is 2.24 bits per heavy atom. The van der Waals surface area contributed by atoms with E-state index >= 15 is 0 Å². The number of carbonyl (C=O) groups is 1. The average Bonchev–Trinajstić information content (AvgIpc) is 2.68. The summed E-state index contributed by atoms with van der Waals surface area (Å²) in [6, 6.07) is 6.09. The van der Waals surface area contributed by atoms with Gasteiger partial charge in [0.2, 0.25) is 0 Å². The molecule has 1 N–H and O–H groups in total. The summed E-state index contributed by atoms with van der Waals surface area (Å²) >= 11 is 0. The quantitative estimate of drug-likeness (QED) is 0.856. The summed E-state index contributed by atoms with van der Waals surface area (Å²) in [5.74, 6) is -0.316. The Morgan fingerprint density at radius 3 is 2.94 bits per heavy atom. The van der Waals surface area contributed by atoms with Crippen molar-refractivity contribution in [3.8, 4) is 0 Å². The molecule has 1 saturated heterocycles. The van der Waals surface area contributed by atoms with Crippen molar-refractivity contribution < 1.29 is 9.18 Å². The molecule has 2 amide bonds. The number of hydrogen-bond acceptors (Lipinski definition) is 2. The summed E-state index contributed by atoms with van der Waals surface area (Å²) in [6.45, 7) is 2.76. The highest BCUT2D eigenvalue weighted by molar-refractivity contribution is 5.94. The highest BCUT2D eigenvalue weighted by atomic mass is 19.1. The zero-order chi connectivity index (χ0) is 12.3. The van der Waals surface area contributed by atoms with Crippen molar-refractivity contribution in [2.45, 2.75) is 0 Å². The number of anilines is 1. The van der Waals surface area contributed by atoms with Gasteiger partial charge in [-0.2, -0.15) is 0 Å². The van der Waals surface area contributed by atoms with Crippen molar-refractivity contribution in [2.75, 3.05) is 38.1 Å². The third kappa shape index (κ3) is 2.55. The van der Waals surface area contributed by atoms with Crippen LogP contribution in [0.4, 0.5) is 14.9 Å². The molecule has 0 aromatic heterocycles. The average molecular weight is 237 g/mol. The lowest BCUT2D eigenvalue weighted by Gasteiger charge is -2.18. The van der Waals surface area contributed by atoms with Crippen LogP contribution in [0.15, 0.2) is 24.3 Å². The van der Waals surface area contributed by atoms with Gasteiger partial charge < -0.3 is 10.2 Å². The van der Waals surface area contributed by atoms with E-state index in [1.54, 1.807) is 21.9 Å². The molecule has 1 heterocycles. The lowest BCUT2D eigenvalue weighted by molar-refractivity contribution is 0.221. The summed E-state index contributed by atoms with van der Waals surface area (Å²) in [6.07, 6.45) is 0. The van der Waals surface area contributed by atoms with Crippen molar-refractivity contribution in [1.29, 1.82) is 0 Å². The first-order valence-corrected chi connectivity index (χ1v) is 5.69. The molecular weight excluding hydrogens is 221 g/mol. The van der Waals surface area contributed by atoms with E-state index in [0.717, 1.165) is 6.54 Å². The van der Waals surface area contributed by atoms with Gasteiger partial charge in [0, 0.05) is 31.9 Å².